The second-order valence-electron chi connectivity index (χ2n) is 15.2. The predicted molar refractivity (Wildman–Crippen MR) is 239 cm³/mol. The quantitative estimate of drug-likeness (QED) is 0.167. The van der Waals surface area contributed by atoms with E-state index in [0.717, 1.165) is 60.5 Å². The number of para-hydroxylation sites is 4. The lowest BCUT2D eigenvalue weighted by molar-refractivity contribution is 1.15. The Morgan fingerprint density at radius 3 is 1.61 bits per heavy atom. The zero-order chi connectivity index (χ0) is 37.4. The zero-order valence-corrected chi connectivity index (χ0v) is 30.6. The fourth-order valence-electron chi connectivity index (χ4n) is 9.97. The summed E-state index contributed by atoms with van der Waals surface area (Å²) in [5, 5.41) is 12.3. The minimum atomic E-state index is 0.0289. The Morgan fingerprint density at radius 1 is 0.316 bits per heavy atom. The summed E-state index contributed by atoms with van der Waals surface area (Å²) in [5.74, 6) is 0. The van der Waals surface area contributed by atoms with Crippen LogP contribution < -0.4 is 5.56 Å². The molecule has 13 rings (SSSR count). The SMILES string of the molecule is O=c1c2ccccc2c2cccc3c4cc(-c5cccc6cc(-n7c8ccccc8c8ccc9c%10ccccc%10n(-c%10ccccc%10)c9c87)ccc56)ccc4n1c23. The second kappa shape index (κ2) is 11.2. The maximum absolute atomic E-state index is 14.0. The van der Waals surface area contributed by atoms with Crippen LogP contribution in [0.3, 0.4) is 0 Å². The number of fused-ring (bicyclic) bond motifs is 13. The highest BCUT2D eigenvalue weighted by Crippen LogP contribution is 2.43. The molecule has 57 heavy (non-hydrogen) atoms. The van der Waals surface area contributed by atoms with E-state index in [1.54, 1.807) is 0 Å². The van der Waals surface area contributed by atoms with Crippen molar-refractivity contribution in [1.29, 1.82) is 0 Å². The minimum absolute atomic E-state index is 0.0289. The van der Waals surface area contributed by atoms with Gasteiger partial charge in [0.1, 0.15) is 0 Å². The van der Waals surface area contributed by atoms with Crippen molar-refractivity contribution in [3.8, 4) is 22.5 Å². The third kappa shape index (κ3) is 4.03. The molecule has 0 amide bonds. The normalized spacial score (nSPS) is 12.3. The maximum Gasteiger partial charge on any atom is 0.263 e. The van der Waals surface area contributed by atoms with Crippen molar-refractivity contribution in [2.75, 3.05) is 0 Å². The summed E-state index contributed by atoms with van der Waals surface area (Å²) < 4.78 is 6.82. The van der Waals surface area contributed by atoms with Crippen molar-refractivity contribution in [2.45, 2.75) is 0 Å². The molecule has 0 aliphatic heterocycles. The van der Waals surface area contributed by atoms with Gasteiger partial charge >= 0.3 is 0 Å². The number of nitrogens with zero attached hydrogens (tertiary/aromatic N) is 3. The molecule has 13 aromatic rings. The number of hydrogen-bond acceptors (Lipinski definition) is 1. The number of pyridine rings is 1. The minimum Gasteiger partial charge on any atom is -0.307 e. The van der Waals surface area contributed by atoms with Gasteiger partial charge in [0.05, 0.1) is 33.1 Å². The van der Waals surface area contributed by atoms with Gasteiger partial charge in [-0.3, -0.25) is 9.20 Å². The maximum atomic E-state index is 14.0. The molecule has 0 unspecified atom stereocenters. The fraction of sp³-hybridized carbons (Fsp3) is 0. The van der Waals surface area contributed by atoms with Crippen molar-refractivity contribution in [3.63, 3.8) is 0 Å². The van der Waals surface area contributed by atoms with E-state index in [2.05, 4.69) is 179 Å². The molecule has 0 fully saturated rings. The van der Waals surface area contributed by atoms with Crippen LogP contribution in [0.25, 0.3) is 115 Å². The first-order valence-electron chi connectivity index (χ1n) is 19.5. The summed E-state index contributed by atoms with van der Waals surface area (Å²) in [7, 11) is 0. The van der Waals surface area contributed by atoms with Gasteiger partial charge in [-0.05, 0) is 81.9 Å². The number of hydrogen-bond donors (Lipinski definition) is 0. The molecule has 4 heterocycles. The van der Waals surface area contributed by atoms with E-state index in [-0.39, 0.29) is 5.56 Å². The topological polar surface area (TPSA) is 31.3 Å². The van der Waals surface area contributed by atoms with E-state index >= 15 is 0 Å². The molecule has 0 radical (unpaired) electrons. The van der Waals surface area contributed by atoms with Crippen LogP contribution >= 0.6 is 0 Å². The van der Waals surface area contributed by atoms with Gasteiger partial charge in [0.25, 0.3) is 5.56 Å². The van der Waals surface area contributed by atoms with Gasteiger partial charge in [0.2, 0.25) is 0 Å². The lowest BCUT2D eigenvalue weighted by Gasteiger charge is -2.14. The Balaban J connectivity index is 1.06. The molecule has 0 saturated carbocycles. The molecular formula is C53H31N3O. The Labute approximate surface area is 325 Å². The lowest BCUT2D eigenvalue weighted by atomic mass is 9.96. The highest BCUT2D eigenvalue weighted by Gasteiger charge is 2.22. The highest BCUT2D eigenvalue weighted by molar-refractivity contribution is 6.24. The van der Waals surface area contributed by atoms with Gasteiger partial charge in [0, 0.05) is 54.5 Å². The van der Waals surface area contributed by atoms with Crippen molar-refractivity contribution in [1.82, 2.24) is 13.5 Å². The molecule has 0 bridgehead atoms. The molecule has 0 aliphatic carbocycles. The van der Waals surface area contributed by atoms with Crippen molar-refractivity contribution in [3.05, 3.63) is 198 Å². The van der Waals surface area contributed by atoms with Crippen LogP contribution in [0.15, 0.2) is 193 Å². The zero-order valence-electron chi connectivity index (χ0n) is 30.6. The Morgan fingerprint density at radius 2 is 0.877 bits per heavy atom. The van der Waals surface area contributed by atoms with E-state index in [9.17, 15) is 4.79 Å². The highest BCUT2D eigenvalue weighted by atomic mass is 16.1. The van der Waals surface area contributed by atoms with Crippen molar-refractivity contribution in [2.24, 2.45) is 0 Å². The molecule has 4 heteroatoms. The Hall–Kier alpha value is -7.69. The standard InChI is InChI=1S/C53H31N3O/c57-53-45-18-5-4-15-38(45)41-20-11-21-42-46-31-33(24-29-49(46)56(53)50(41)42)36-19-10-12-32-30-35(25-26-37(32)36)55-48-23-9-7-17-40(48)44-28-27-43-39-16-6-8-22-47(39)54(51(43)52(44)55)34-13-2-1-3-14-34/h1-31H. The summed E-state index contributed by atoms with van der Waals surface area (Å²) in [4.78, 5) is 14.0. The van der Waals surface area contributed by atoms with Gasteiger partial charge in [0.15, 0.2) is 0 Å². The van der Waals surface area contributed by atoms with E-state index in [4.69, 9.17) is 0 Å². The molecule has 4 nitrogen and oxygen atoms in total. The van der Waals surface area contributed by atoms with E-state index in [1.807, 2.05) is 22.6 Å². The summed E-state index contributed by atoms with van der Waals surface area (Å²) >= 11 is 0. The molecule has 4 aromatic heterocycles. The first-order chi connectivity index (χ1) is 28.2. The third-order valence-electron chi connectivity index (χ3n) is 12.4. The number of rotatable bonds is 3. The average molecular weight is 726 g/mol. The van der Waals surface area contributed by atoms with E-state index in [0.29, 0.717) is 0 Å². The first kappa shape index (κ1) is 30.6. The molecule has 0 N–H and O–H groups in total. The summed E-state index contributed by atoms with van der Waals surface area (Å²) in [6, 6.07) is 67.3. The van der Waals surface area contributed by atoms with Crippen LogP contribution in [0.5, 0.6) is 0 Å². The number of benzene rings is 9. The number of aromatic nitrogens is 3. The first-order valence-corrected chi connectivity index (χ1v) is 19.5. The summed E-state index contributed by atoms with van der Waals surface area (Å²) in [6.45, 7) is 0. The third-order valence-corrected chi connectivity index (χ3v) is 12.4. The summed E-state index contributed by atoms with van der Waals surface area (Å²) in [6.07, 6.45) is 0. The second-order valence-corrected chi connectivity index (χ2v) is 15.2. The van der Waals surface area contributed by atoms with Crippen LogP contribution in [0.1, 0.15) is 0 Å². The molecule has 0 saturated heterocycles. The van der Waals surface area contributed by atoms with Gasteiger partial charge in [-0.1, -0.05) is 133 Å². The molecule has 264 valence electrons. The largest absolute Gasteiger partial charge is 0.307 e. The smallest absolute Gasteiger partial charge is 0.263 e. The molecule has 9 aromatic carbocycles. The Bertz CT molecular complexity index is 3890. The predicted octanol–water partition coefficient (Wildman–Crippen LogP) is 13.2. The summed E-state index contributed by atoms with van der Waals surface area (Å²) in [5.41, 5.74) is 11.3. The monoisotopic (exact) mass is 725 g/mol. The van der Waals surface area contributed by atoms with Gasteiger partial charge in [-0.15, -0.1) is 0 Å². The van der Waals surface area contributed by atoms with Crippen LogP contribution in [-0.4, -0.2) is 13.5 Å². The molecule has 0 spiro atoms. The van der Waals surface area contributed by atoms with Crippen molar-refractivity contribution >= 4 is 92.3 Å². The van der Waals surface area contributed by atoms with Gasteiger partial charge in [-0.2, -0.15) is 0 Å². The van der Waals surface area contributed by atoms with Crippen LogP contribution in [0, 0.1) is 0 Å². The molecular weight excluding hydrogens is 695 g/mol. The van der Waals surface area contributed by atoms with Crippen LogP contribution in [0.2, 0.25) is 0 Å². The fourth-order valence-corrected chi connectivity index (χ4v) is 9.97. The Kier molecular flexibility index (Phi) is 6.01. The molecule has 0 aliphatic rings. The van der Waals surface area contributed by atoms with Crippen molar-refractivity contribution < 1.29 is 0 Å². The lowest BCUT2D eigenvalue weighted by Crippen LogP contribution is -2.12. The van der Waals surface area contributed by atoms with Crippen LogP contribution in [0.4, 0.5) is 0 Å². The van der Waals surface area contributed by atoms with Crippen LogP contribution in [-0.2, 0) is 0 Å². The molecule has 0 atom stereocenters. The van der Waals surface area contributed by atoms with Gasteiger partial charge < -0.3 is 9.13 Å². The van der Waals surface area contributed by atoms with Gasteiger partial charge in [-0.25, -0.2) is 0 Å². The van der Waals surface area contributed by atoms with E-state index in [1.165, 1.54) is 54.4 Å². The average Bonchev–Trinajstić information content (AvgIpc) is 3.92. The van der Waals surface area contributed by atoms with E-state index < -0.39 is 0 Å².